The molecule has 1 amide bonds. The lowest BCUT2D eigenvalue weighted by atomic mass is 10.1. The van der Waals surface area contributed by atoms with Gasteiger partial charge in [-0.1, -0.05) is 0 Å². The molecular weight excluding hydrogens is 198 g/mol. The highest BCUT2D eigenvalue weighted by Crippen LogP contribution is 2.21. The normalized spacial score (nSPS) is 9.80. The molecule has 0 N–H and O–H groups in total. The second kappa shape index (κ2) is 4.04. The lowest BCUT2D eigenvalue weighted by molar-refractivity contribution is -0.386. The van der Waals surface area contributed by atoms with E-state index in [4.69, 9.17) is 0 Å². The van der Waals surface area contributed by atoms with Gasteiger partial charge in [-0.15, -0.1) is 0 Å². The Labute approximate surface area is 86.7 Å². The van der Waals surface area contributed by atoms with Gasteiger partial charge in [-0.3, -0.25) is 19.9 Å². The first-order valence-electron chi connectivity index (χ1n) is 4.26. The predicted octanol–water partition coefficient (Wildman–Crippen LogP) is 1.00. The minimum Gasteiger partial charge on any atom is -0.345 e. The third kappa shape index (κ3) is 2.09. The van der Waals surface area contributed by atoms with Gasteiger partial charge in [0.25, 0.3) is 5.91 Å². The monoisotopic (exact) mass is 209 g/mol. The molecule has 0 atom stereocenters. The van der Waals surface area contributed by atoms with Gasteiger partial charge in [-0.05, 0) is 13.0 Å². The Morgan fingerprint density at radius 2 is 2.13 bits per heavy atom. The van der Waals surface area contributed by atoms with Crippen LogP contribution in [0, 0.1) is 17.0 Å². The predicted molar refractivity (Wildman–Crippen MR) is 53.6 cm³/mol. The lowest BCUT2D eigenvalue weighted by Crippen LogP contribution is -2.23. The number of carbonyl (C=O) groups excluding carboxylic acids is 1. The van der Waals surface area contributed by atoms with Crippen LogP contribution in [0.25, 0.3) is 0 Å². The molecule has 0 fully saturated rings. The Balaban J connectivity index is 3.35. The zero-order valence-electron chi connectivity index (χ0n) is 8.72. The Morgan fingerprint density at radius 1 is 1.53 bits per heavy atom. The van der Waals surface area contributed by atoms with E-state index < -0.39 is 10.8 Å². The SMILES string of the molecule is Cc1nccc(C(=O)N(C)C)c1[N+](=O)[O-]. The summed E-state index contributed by atoms with van der Waals surface area (Å²) in [5, 5.41) is 10.8. The van der Waals surface area contributed by atoms with Crippen molar-refractivity contribution >= 4 is 11.6 Å². The van der Waals surface area contributed by atoms with Crippen LogP contribution in [-0.4, -0.2) is 34.8 Å². The van der Waals surface area contributed by atoms with Crippen molar-refractivity contribution in [2.75, 3.05) is 14.1 Å². The molecule has 1 aromatic rings. The summed E-state index contributed by atoms with van der Waals surface area (Å²) in [6.45, 7) is 1.50. The zero-order chi connectivity index (χ0) is 11.6. The fourth-order valence-electron chi connectivity index (χ4n) is 1.20. The fraction of sp³-hybridized carbons (Fsp3) is 0.333. The number of pyridine rings is 1. The van der Waals surface area contributed by atoms with Gasteiger partial charge in [0, 0.05) is 20.3 Å². The van der Waals surface area contributed by atoms with E-state index in [9.17, 15) is 14.9 Å². The van der Waals surface area contributed by atoms with Gasteiger partial charge in [0.15, 0.2) is 0 Å². The van der Waals surface area contributed by atoms with Crippen molar-refractivity contribution in [3.63, 3.8) is 0 Å². The Morgan fingerprint density at radius 3 is 2.60 bits per heavy atom. The van der Waals surface area contributed by atoms with E-state index in [1.165, 1.54) is 24.1 Å². The van der Waals surface area contributed by atoms with Gasteiger partial charge in [-0.25, -0.2) is 0 Å². The highest BCUT2D eigenvalue weighted by Gasteiger charge is 2.24. The number of hydrogen-bond donors (Lipinski definition) is 0. The molecule has 0 aliphatic heterocycles. The quantitative estimate of drug-likeness (QED) is 0.537. The second-order valence-electron chi connectivity index (χ2n) is 3.25. The van der Waals surface area contributed by atoms with E-state index in [0.29, 0.717) is 0 Å². The molecule has 0 aliphatic carbocycles. The standard InChI is InChI=1S/C9H11N3O3/c1-6-8(12(14)15)7(4-5-10-6)9(13)11(2)3/h4-5H,1-3H3. The second-order valence-corrected chi connectivity index (χ2v) is 3.25. The fourth-order valence-corrected chi connectivity index (χ4v) is 1.20. The van der Waals surface area contributed by atoms with Gasteiger partial charge < -0.3 is 4.90 Å². The van der Waals surface area contributed by atoms with E-state index in [0.717, 1.165) is 0 Å². The highest BCUT2D eigenvalue weighted by atomic mass is 16.6. The lowest BCUT2D eigenvalue weighted by Gasteiger charge is -2.10. The summed E-state index contributed by atoms with van der Waals surface area (Å²) >= 11 is 0. The van der Waals surface area contributed by atoms with Crippen LogP contribution >= 0.6 is 0 Å². The number of nitro groups is 1. The highest BCUT2D eigenvalue weighted by molar-refractivity contribution is 5.98. The van der Waals surface area contributed by atoms with E-state index in [1.54, 1.807) is 14.1 Å². The molecule has 0 aliphatic rings. The minimum atomic E-state index is -0.584. The number of nitrogens with zero attached hydrogens (tertiary/aromatic N) is 3. The number of aryl methyl sites for hydroxylation is 1. The molecule has 0 aromatic carbocycles. The zero-order valence-corrected chi connectivity index (χ0v) is 8.72. The smallest absolute Gasteiger partial charge is 0.303 e. The van der Waals surface area contributed by atoms with Crippen LogP contribution in [0.1, 0.15) is 16.1 Å². The van der Waals surface area contributed by atoms with Crippen LogP contribution in [0.3, 0.4) is 0 Å². The van der Waals surface area contributed by atoms with Gasteiger partial charge in [0.2, 0.25) is 0 Å². The summed E-state index contributed by atoms with van der Waals surface area (Å²) < 4.78 is 0. The summed E-state index contributed by atoms with van der Waals surface area (Å²) in [5.74, 6) is -0.396. The molecule has 15 heavy (non-hydrogen) atoms. The first-order chi connectivity index (χ1) is 6.95. The number of amides is 1. The molecule has 0 spiro atoms. The van der Waals surface area contributed by atoms with Crippen molar-refractivity contribution in [1.82, 2.24) is 9.88 Å². The maximum Gasteiger partial charge on any atom is 0.303 e. The van der Waals surface area contributed by atoms with E-state index in [-0.39, 0.29) is 16.9 Å². The topological polar surface area (TPSA) is 76.3 Å². The third-order valence-electron chi connectivity index (χ3n) is 1.93. The molecule has 80 valence electrons. The molecule has 0 saturated carbocycles. The number of rotatable bonds is 2. The van der Waals surface area contributed by atoms with Gasteiger partial charge in [-0.2, -0.15) is 0 Å². The molecule has 0 saturated heterocycles. The van der Waals surface area contributed by atoms with Gasteiger partial charge in [0.1, 0.15) is 11.3 Å². The number of hydrogen-bond acceptors (Lipinski definition) is 4. The Kier molecular flexibility index (Phi) is 2.99. The van der Waals surface area contributed by atoms with Crippen LogP contribution in [-0.2, 0) is 0 Å². The molecule has 1 aromatic heterocycles. The summed E-state index contributed by atoms with van der Waals surface area (Å²) in [5.41, 5.74) is 0.0846. The Bertz CT molecular complexity index is 415. The molecule has 0 bridgehead atoms. The minimum absolute atomic E-state index is 0.0671. The summed E-state index contributed by atoms with van der Waals surface area (Å²) in [6, 6.07) is 1.35. The summed E-state index contributed by atoms with van der Waals surface area (Å²) in [6.07, 6.45) is 1.39. The average Bonchev–Trinajstić information content (AvgIpc) is 2.15. The van der Waals surface area contributed by atoms with Crippen LogP contribution in [0.15, 0.2) is 12.3 Å². The number of aromatic nitrogens is 1. The number of carbonyl (C=O) groups is 1. The van der Waals surface area contributed by atoms with Crippen molar-refractivity contribution in [2.45, 2.75) is 6.92 Å². The van der Waals surface area contributed by atoms with Gasteiger partial charge >= 0.3 is 5.69 Å². The average molecular weight is 209 g/mol. The van der Waals surface area contributed by atoms with E-state index in [2.05, 4.69) is 4.98 Å². The van der Waals surface area contributed by atoms with Crippen molar-refractivity contribution in [2.24, 2.45) is 0 Å². The molecule has 1 rings (SSSR count). The molecular formula is C9H11N3O3. The molecule has 0 radical (unpaired) electrons. The molecule has 0 unspecified atom stereocenters. The van der Waals surface area contributed by atoms with Crippen LogP contribution in [0.5, 0.6) is 0 Å². The van der Waals surface area contributed by atoms with Crippen molar-refractivity contribution in [3.05, 3.63) is 33.6 Å². The first-order valence-corrected chi connectivity index (χ1v) is 4.26. The summed E-state index contributed by atoms with van der Waals surface area (Å²) in [4.78, 5) is 26.9. The summed E-state index contributed by atoms with van der Waals surface area (Å²) in [7, 11) is 3.09. The maximum atomic E-state index is 11.6. The third-order valence-corrected chi connectivity index (χ3v) is 1.93. The molecule has 6 nitrogen and oxygen atoms in total. The van der Waals surface area contributed by atoms with Crippen molar-refractivity contribution in [3.8, 4) is 0 Å². The van der Waals surface area contributed by atoms with E-state index >= 15 is 0 Å². The Hall–Kier alpha value is -1.98. The largest absolute Gasteiger partial charge is 0.345 e. The maximum absolute atomic E-state index is 11.6. The molecule has 1 heterocycles. The van der Waals surface area contributed by atoms with Crippen molar-refractivity contribution < 1.29 is 9.72 Å². The van der Waals surface area contributed by atoms with E-state index in [1.807, 2.05) is 0 Å². The first kappa shape index (κ1) is 11.1. The van der Waals surface area contributed by atoms with Crippen LogP contribution in [0.4, 0.5) is 5.69 Å². The van der Waals surface area contributed by atoms with Crippen molar-refractivity contribution in [1.29, 1.82) is 0 Å². The van der Waals surface area contributed by atoms with Gasteiger partial charge in [0.05, 0.1) is 4.92 Å². The van der Waals surface area contributed by atoms with Crippen LogP contribution < -0.4 is 0 Å². The van der Waals surface area contributed by atoms with Crippen LogP contribution in [0.2, 0.25) is 0 Å². The molecule has 6 heteroatoms.